The summed E-state index contributed by atoms with van der Waals surface area (Å²) in [6.07, 6.45) is 7.85. The number of likely N-dealkylation sites (tertiary alicyclic amines) is 1. The Morgan fingerprint density at radius 1 is 1.16 bits per heavy atom. The van der Waals surface area contributed by atoms with Crippen molar-refractivity contribution in [2.24, 2.45) is 5.92 Å². The molecule has 1 aliphatic heterocycles. The highest BCUT2D eigenvalue weighted by Crippen LogP contribution is 2.34. The van der Waals surface area contributed by atoms with Crippen LogP contribution in [0, 0.1) is 5.92 Å². The Morgan fingerprint density at radius 3 is 2.76 bits per heavy atom. The first-order valence-corrected chi connectivity index (χ1v) is 9.54. The zero-order valence-electron chi connectivity index (χ0n) is 15.2. The molecule has 3 rings (SSSR count). The number of hydrogen-bond donors (Lipinski definition) is 1. The number of piperidine rings is 1. The van der Waals surface area contributed by atoms with E-state index in [2.05, 4.69) is 10.2 Å². The molecule has 5 heteroatoms. The molecule has 2 aliphatic rings. The summed E-state index contributed by atoms with van der Waals surface area (Å²) in [6.45, 7) is 2.54. The molecule has 1 aromatic carbocycles. The van der Waals surface area contributed by atoms with Gasteiger partial charge in [0, 0.05) is 6.04 Å². The normalized spacial score (nSPS) is 23.6. The van der Waals surface area contributed by atoms with E-state index < -0.39 is 0 Å². The van der Waals surface area contributed by atoms with Crippen LogP contribution in [0.2, 0.25) is 0 Å². The summed E-state index contributed by atoms with van der Waals surface area (Å²) in [5.74, 6) is 2.34. The highest BCUT2D eigenvalue weighted by molar-refractivity contribution is 5.78. The number of para-hydroxylation sites is 2. The van der Waals surface area contributed by atoms with Crippen LogP contribution in [0.5, 0.6) is 11.5 Å². The number of rotatable bonds is 7. The maximum absolute atomic E-state index is 12.3. The number of carbonyl (C=O) groups is 1. The number of hydrogen-bond acceptors (Lipinski definition) is 4. The number of ether oxygens (including phenoxy) is 2. The van der Waals surface area contributed by atoms with Gasteiger partial charge in [0.05, 0.1) is 20.2 Å². The Hall–Kier alpha value is -1.75. The van der Waals surface area contributed by atoms with Gasteiger partial charge in [-0.15, -0.1) is 0 Å². The van der Waals surface area contributed by atoms with Crippen LogP contribution in [0.15, 0.2) is 24.3 Å². The minimum atomic E-state index is 0.106. The molecule has 0 bridgehead atoms. The third-order valence-electron chi connectivity index (χ3n) is 5.46. The lowest BCUT2D eigenvalue weighted by molar-refractivity contribution is -0.124. The van der Waals surface area contributed by atoms with E-state index in [0.29, 0.717) is 37.2 Å². The standard InChI is InChI=1S/C20H30N2O3/c1-24-18-10-4-5-11-19(18)25-14-12-21-20(23)15-22-13-6-8-16-7-2-3-9-17(16)22/h4-5,10-11,16-17H,2-3,6-9,12-15H2,1H3,(H,21,23)/t16-,17-/m0/s1. The minimum absolute atomic E-state index is 0.106. The monoisotopic (exact) mass is 346 g/mol. The number of amides is 1. The maximum atomic E-state index is 12.3. The van der Waals surface area contributed by atoms with Gasteiger partial charge in [-0.25, -0.2) is 0 Å². The number of carbonyl (C=O) groups excluding carboxylic acids is 1. The summed E-state index contributed by atoms with van der Waals surface area (Å²) in [6, 6.07) is 8.18. The van der Waals surface area contributed by atoms with Crippen LogP contribution in [-0.4, -0.2) is 50.2 Å². The van der Waals surface area contributed by atoms with Gasteiger partial charge < -0.3 is 14.8 Å². The molecule has 1 saturated heterocycles. The fourth-order valence-corrected chi connectivity index (χ4v) is 4.25. The van der Waals surface area contributed by atoms with Gasteiger partial charge in [-0.3, -0.25) is 9.69 Å². The minimum Gasteiger partial charge on any atom is -0.493 e. The van der Waals surface area contributed by atoms with E-state index in [4.69, 9.17) is 9.47 Å². The van der Waals surface area contributed by atoms with Crippen molar-refractivity contribution < 1.29 is 14.3 Å². The zero-order chi connectivity index (χ0) is 17.5. The summed E-state index contributed by atoms with van der Waals surface area (Å²) < 4.78 is 11.0. The lowest BCUT2D eigenvalue weighted by Crippen LogP contribution is -2.50. The third kappa shape index (κ3) is 4.88. The fraction of sp³-hybridized carbons (Fsp3) is 0.650. The topological polar surface area (TPSA) is 50.8 Å². The van der Waals surface area contributed by atoms with E-state index in [1.165, 1.54) is 38.5 Å². The quantitative estimate of drug-likeness (QED) is 0.772. The Labute approximate surface area is 150 Å². The Morgan fingerprint density at radius 2 is 1.92 bits per heavy atom. The number of fused-ring (bicyclic) bond motifs is 1. The average molecular weight is 346 g/mol. The van der Waals surface area contributed by atoms with Gasteiger partial charge >= 0.3 is 0 Å². The van der Waals surface area contributed by atoms with Crippen LogP contribution >= 0.6 is 0 Å². The van der Waals surface area contributed by atoms with Gasteiger partial charge in [-0.05, 0) is 50.3 Å². The Bertz CT molecular complexity index is 562. The van der Waals surface area contributed by atoms with Gasteiger partial charge in [0.15, 0.2) is 11.5 Å². The van der Waals surface area contributed by atoms with Crippen molar-refractivity contribution in [3.63, 3.8) is 0 Å². The van der Waals surface area contributed by atoms with E-state index >= 15 is 0 Å². The molecule has 0 spiro atoms. The molecule has 138 valence electrons. The van der Waals surface area contributed by atoms with Gasteiger partial charge in [0.25, 0.3) is 0 Å². The van der Waals surface area contributed by atoms with Gasteiger partial charge in [-0.1, -0.05) is 25.0 Å². The van der Waals surface area contributed by atoms with E-state index in [0.717, 1.165) is 12.5 Å². The van der Waals surface area contributed by atoms with Gasteiger partial charge in [-0.2, -0.15) is 0 Å². The van der Waals surface area contributed by atoms with E-state index in [1.54, 1.807) is 7.11 Å². The van der Waals surface area contributed by atoms with Crippen molar-refractivity contribution in [3.05, 3.63) is 24.3 Å². The van der Waals surface area contributed by atoms with Crippen LogP contribution in [0.1, 0.15) is 38.5 Å². The molecule has 0 aromatic heterocycles. The molecule has 1 N–H and O–H groups in total. The second-order valence-corrected chi connectivity index (χ2v) is 7.07. The molecule has 2 fully saturated rings. The molecular weight excluding hydrogens is 316 g/mol. The Kier molecular flexibility index (Phi) is 6.56. The summed E-state index contributed by atoms with van der Waals surface area (Å²) >= 11 is 0. The number of nitrogens with one attached hydrogen (secondary N) is 1. The first kappa shape index (κ1) is 18.1. The molecule has 1 amide bonds. The van der Waals surface area contributed by atoms with Gasteiger partial charge in [0.1, 0.15) is 6.61 Å². The second-order valence-electron chi connectivity index (χ2n) is 7.07. The smallest absolute Gasteiger partial charge is 0.234 e. The predicted octanol–water partition coefficient (Wildman–Crippen LogP) is 2.84. The number of nitrogens with zero attached hydrogens (tertiary/aromatic N) is 1. The SMILES string of the molecule is COc1ccccc1OCCNC(=O)CN1CCC[C@@H]2CCCC[C@@H]21. The highest BCUT2D eigenvalue weighted by atomic mass is 16.5. The van der Waals surface area contributed by atoms with Crippen molar-refractivity contribution in [1.82, 2.24) is 10.2 Å². The van der Waals surface area contributed by atoms with Crippen LogP contribution in [0.4, 0.5) is 0 Å². The molecule has 1 saturated carbocycles. The van der Waals surface area contributed by atoms with Crippen molar-refractivity contribution in [3.8, 4) is 11.5 Å². The van der Waals surface area contributed by atoms with E-state index in [1.807, 2.05) is 24.3 Å². The fourth-order valence-electron chi connectivity index (χ4n) is 4.25. The molecule has 1 aromatic rings. The van der Waals surface area contributed by atoms with Crippen LogP contribution in [0.3, 0.4) is 0 Å². The van der Waals surface area contributed by atoms with Crippen LogP contribution in [0.25, 0.3) is 0 Å². The Balaban J connectivity index is 1.39. The van der Waals surface area contributed by atoms with Gasteiger partial charge in [0.2, 0.25) is 5.91 Å². The van der Waals surface area contributed by atoms with Crippen molar-refractivity contribution in [2.45, 2.75) is 44.6 Å². The van der Waals surface area contributed by atoms with Crippen LogP contribution < -0.4 is 14.8 Å². The van der Waals surface area contributed by atoms with E-state index in [9.17, 15) is 4.79 Å². The van der Waals surface area contributed by atoms with E-state index in [-0.39, 0.29) is 5.91 Å². The molecular formula is C20H30N2O3. The molecule has 1 aliphatic carbocycles. The summed E-state index contributed by atoms with van der Waals surface area (Å²) in [7, 11) is 1.63. The predicted molar refractivity (Wildman–Crippen MR) is 98.1 cm³/mol. The summed E-state index contributed by atoms with van der Waals surface area (Å²) in [4.78, 5) is 14.7. The number of methoxy groups -OCH3 is 1. The molecule has 0 radical (unpaired) electrons. The third-order valence-corrected chi connectivity index (χ3v) is 5.46. The van der Waals surface area contributed by atoms with Crippen LogP contribution in [-0.2, 0) is 4.79 Å². The first-order chi connectivity index (χ1) is 12.3. The molecule has 1 heterocycles. The molecule has 2 atom stereocenters. The average Bonchev–Trinajstić information content (AvgIpc) is 2.66. The summed E-state index contributed by atoms with van der Waals surface area (Å²) in [5.41, 5.74) is 0. The summed E-state index contributed by atoms with van der Waals surface area (Å²) in [5, 5.41) is 2.99. The lowest BCUT2D eigenvalue weighted by Gasteiger charge is -2.43. The second kappa shape index (κ2) is 9.09. The highest BCUT2D eigenvalue weighted by Gasteiger charge is 2.33. The molecule has 0 unspecified atom stereocenters. The maximum Gasteiger partial charge on any atom is 0.234 e. The molecule has 25 heavy (non-hydrogen) atoms. The number of benzene rings is 1. The first-order valence-electron chi connectivity index (χ1n) is 9.54. The van der Waals surface area contributed by atoms with Crippen molar-refractivity contribution in [1.29, 1.82) is 0 Å². The van der Waals surface area contributed by atoms with Crippen molar-refractivity contribution >= 4 is 5.91 Å². The largest absolute Gasteiger partial charge is 0.493 e. The van der Waals surface area contributed by atoms with Crippen molar-refractivity contribution in [2.75, 3.05) is 33.4 Å². The zero-order valence-corrected chi connectivity index (χ0v) is 15.2. The molecule has 5 nitrogen and oxygen atoms in total. The lowest BCUT2D eigenvalue weighted by atomic mass is 9.78.